The van der Waals surface area contributed by atoms with Crippen LogP contribution < -0.4 is 10.3 Å². The number of hydrogen-bond acceptors (Lipinski definition) is 4. The van der Waals surface area contributed by atoms with E-state index in [9.17, 15) is 17.6 Å². The van der Waals surface area contributed by atoms with Gasteiger partial charge in [0, 0.05) is 0 Å². The maximum absolute atomic E-state index is 13.0. The molecule has 0 aliphatic heterocycles. The highest BCUT2D eigenvalue weighted by Gasteiger charge is 2.18. The van der Waals surface area contributed by atoms with Crippen LogP contribution in [0.15, 0.2) is 39.8 Å². The van der Waals surface area contributed by atoms with Gasteiger partial charge in [-0.3, -0.25) is 10.2 Å². The van der Waals surface area contributed by atoms with Crippen molar-refractivity contribution in [2.24, 2.45) is 0 Å². The molecular formula is C12H10ClFN2O4S. The molecule has 2 rings (SSSR count). The zero-order valence-electron chi connectivity index (χ0n) is 10.7. The van der Waals surface area contributed by atoms with Crippen LogP contribution in [0.1, 0.15) is 16.1 Å². The Morgan fingerprint density at radius 2 is 2.05 bits per heavy atom. The molecule has 6 nitrogen and oxygen atoms in total. The number of hydrazine groups is 1. The SMILES string of the molecule is Cc1occc1C(=O)NNS(=O)(=O)c1ccc(F)c(Cl)c1. The lowest BCUT2D eigenvalue weighted by Crippen LogP contribution is -2.41. The van der Waals surface area contributed by atoms with Gasteiger partial charge in [-0.05, 0) is 31.2 Å². The zero-order valence-corrected chi connectivity index (χ0v) is 12.3. The molecule has 1 aromatic carbocycles. The van der Waals surface area contributed by atoms with Crippen LogP contribution in [0.25, 0.3) is 0 Å². The third kappa shape index (κ3) is 3.41. The normalized spacial score (nSPS) is 11.4. The average molecular weight is 333 g/mol. The Hall–Kier alpha value is -1.90. The Bertz CT molecular complexity index is 788. The lowest BCUT2D eigenvalue weighted by molar-refractivity contribution is 0.0943. The number of amides is 1. The third-order valence-electron chi connectivity index (χ3n) is 2.60. The summed E-state index contributed by atoms with van der Waals surface area (Å²) < 4.78 is 41.8. The summed E-state index contributed by atoms with van der Waals surface area (Å²) in [5.41, 5.74) is 2.21. The molecule has 0 aliphatic rings. The summed E-state index contributed by atoms with van der Waals surface area (Å²) in [7, 11) is -4.06. The number of furan rings is 1. The van der Waals surface area contributed by atoms with Gasteiger partial charge in [-0.1, -0.05) is 11.6 Å². The fourth-order valence-corrected chi connectivity index (χ4v) is 2.61. The van der Waals surface area contributed by atoms with Crippen molar-refractivity contribution >= 4 is 27.5 Å². The molecule has 0 saturated carbocycles. The van der Waals surface area contributed by atoms with Gasteiger partial charge in [-0.25, -0.2) is 12.8 Å². The Morgan fingerprint density at radius 3 is 2.62 bits per heavy atom. The molecular weight excluding hydrogens is 323 g/mol. The quantitative estimate of drug-likeness (QED) is 0.838. The number of sulfonamides is 1. The van der Waals surface area contributed by atoms with Gasteiger partial charge in [0.1, 0.15) is 11.6 Å². The molecule has 2 N–H and O–H groups in total. The second-order valence-electron chi connectivity index (χ2n) is 4.03. The predicted molar refractivity (Wildman–Crippen MR) is 72.6 cm³/mol. The Balaban J connectivity index is 2.13. The van der Waals surface area contributed by atoms with Crippen molar-refractivity contribution < 1.29 is 22.0 Å². The molecule has 1 heterocycles. The van der Waals surface area contributed by atoms with Gasteiger partial charge >= 0.3 is 0 Å². The standard InChI is InChI=1S/C12H10ClFN2O4S/c1-7-9(4-5-20-7)12(17)15-16-21(18,19)8-2-3-11(14)10(13)6-8/h2-6,16H,1H3,(H,15,17). The summed E-state index contributed by atoms with van der Waals surface area (Å²) in [5.74, 6) is -1.08. The molecule has 0 atom stereocenters. The van der Waals surface area contributed by atoms with Crippen molar-refractivity contribution in [1.82, 2.24) is 10.3 Å². The van der Waals surface area contributed by atoms with Crippen LogP contribution in [0, 0.1) is 12.7 Å². The molecule has 0 unspecified atom stereocenters. The Labute approximate surface area is 124 Å². The number of carbonyl (C=O) groups excluding carboxylic acids is 1. The summed E-state index contributed by atoms with van der Waals surface area (Å²) in [4.78, 5) is 13.3. The van der Waals surface area contributed by atoms with E-state index in [4.69, 9.17) is 16.0 Å². The van der Waals surface area contributed by atoms with Gasteiger partial charge in [0.15, 0.2) is 0 Å². The van der Waals surface area contributed by atoms with E-state index in [2.05, 4.69) is 0 Å². The summed E-state index contributed by atoms with van der Waals surface area (Å²) in [6.45, 7) is 1.56. The third-order valence-corrected chi connectivity index (χ3v) is 4.14. The predicted octanol–water partition coefficient (Wildman–Crippen LogP) is 2.00. The molecule has 112 valence electrons. The zero-order chi connectivity index (χ0) is 15.6. The minimum Gasteiger partial charge on any atom is -0.469 e. The van der Waals surface area contributed by atoms with Crippen molar-refractivity contribution in [3.8, 4) is 0 Å². The van der Waals surface area contributed by atoms with E-state index < -0.39 is 21.7 Å². The summed E-state index contributed by atoms with van der Waals surface area (Å²) in [6, 6.07) is 4.28. The van der Waals surface area contributed by atoms with Gasteiger partial charge in [-0.15, -0.1) is 4.83 Å². The van der Waals surface area contributed by atoms with Gasteiger partial charge in [0.2, 0.25) is 0 Å². The summed E-state index contributed by atoms with van der Waals surface area (Å²) in [5, 5.41) is -0.338. The van der Waals surface area contributed by atoms with Crippen molar-refractivity contribution in [1.29, 1.82) is 0 Å². The maximum Gasteiger partial charge on any atom is 0.269 e. The molecule has 0 aliphatic carbocycles. The number of aryl methyl sites for hydroxylation is 1. The number of benzene rings is 1. The second-order valence-corrected chi connectivity index (χ2v) is 6.12. The fourth-order valence-electron chi connectivity index (χ4n) is 1.50. The first kappa shape index (κ1) is 15.5. The molecule has 2 aromatic rings. The van der Waals surface area contributed by atoms with Crippen LogP contribution in [0.2, 0.25) is 5.02 Å². The summed E-state index contributed by atoms with van der Waals surface area (Å²) in [6.07, 6.45) is 1.30. The molecule has 0 bridgehead atoms. The highest BCUT2D eigenvalue weighted by Crippen LogP contribution is 2.19. The van der Waals surface area contributed by atoms with Crippen molar-refractivity contribution in [2.75, 3.05) is 0 Å². The molecule has 1 amide bonds. The molecule has 0 spiro atoms. The van der Waals surface area contributed by atoms with E-state index in [0.717, 1.165) is 18.2 Å². The number of nitrogens with one attached hydrogen (secondary N) is 2. The van der Waals surface area contributed by atoms with Gasteiger partial charge in [-0.2, -0.15) is 0 Å². The van der Waals surface area contributed by atoms with Crippen LogP contribution in [-0.4, -0.2) is 14.3 Å². The average Bonchev–Trinajstić information content (AvgIpc) is 2.85. The number of rotatable bonds is 4. The van der Waals surface area contributed by atoms with Crippen molar-refractivity contribution in [2.45, 2.75) is 11.8 Å². The maximum atomic E-state index is 13.0. The Morgan fingerprint density at radius 1 is 1.33 bits per heavy atom. The summed E-state index contributed by atoms with van der Waals surface area (Å²) >= 11 is 5.52. The van der Waals surface area contributed by atoms with Gasteiger partial charge in [0.05, 0.1) is 21.7 Å². The van der Waals surface area contributed by atoms with E-state index in [0.29, 0.717) is 5.76 Å². The number of halogens is 2. The highest BCUT2D eigenvalue weighted by atomic mass is 35.5. The van der Waals surface area contributed by atoms with Gasteiger partial charge < -0.3 is 4.42 Å². The largest absolute Gasteiger partial charge is 0.469 e. The van der Waals surface area contributed by atoms with Crippen LogP contribution in [0.3, 0.4) is 0 Å². The first-order chi connectivity index (χ1) is 9.81. The molecule has 0 fully saturated rings. The smallest absolute Gasteiger partial charge is 0.269 e. The van der Waals surface area contributed by atoms with Crippen LogP contribution in [-0.2, 0) is 10.0 Å². The van der Waals surface area contributed by atoms with E-state index in [-0.39, 0.29) is 15.5 Å². The lowest BCUT2D eigenvalue weighted by atomic mass is 10.2. The lowest BCUT2D eigenvalue weighted by Gasteiger charge is -2.08. The first-order valence-corrected chi connectivity index (χ1v) is 7.48. The first-order valence-electron chi connectivity index (χ1n) is 5.62. The Kier molecular flexibility index (Phi) is 4.31. The fraction of sp³-hybridized carbons (Fsp3) is 0.0833. The minimum atomic E-state index is -4.06. The highest BCUT2D eigenvalue weighted by molar-refractivity contribution is 7.89. The molecule has 21 heavy (non-hydrogen) atoms. The van der Waals surface area contributed by atoms with Crippen LogP contribution >= 0.6 is 11.6 Å². The van der Waals surface area contributed by atoms with E-state index >= 15 is 0 Å². The second kappa shape index (κ2) is 5.84. The minimum absolute atomic E-state index is 0.190. The van der Waals surface area contributed by atoms with E-state index in [1.807, 2.05) is 10.3 Å². The van der Waals surface area contributed by atoms with E-state index in [1.54, 1.807) is 6.92 Å². The molecule has 9 heteroatoms. The van der Waals surface area contributed by atoms with Crippen LogP contribution in [0.5, 0.6) is 0 Å². The molecule has 0 radical (unpaired) electrons. The molecule has 1 aromatic heterocycles. The van der Waals surface area contributed by atoms with Crippen LogP contribution in [0.4, 0.5) is 4.39 Å². The van der Waals surface area contributed by atoms with E-state index in [1.165, 1.54) is 12.3 Å². The van der Waals surface area contributed by atoms with Gasteiger partial charge in [0.25, 0.3) is 15.9 Å². The molecule has 0 saturated heterocycles. The number of hydrogen-bond donors (Lipinski definition) is 2. The topological polar surface area (TPSA) is 88.4 Å². The monoisotopic (exact) mass is 332 g/mol. The van der Waals surface area contributed by atoms with Crippen molar-refractivity contribution in [3.05, 3.63) is 52.7 Å². The van der Waals surface area contributed by atoms with Crippen molar-refractivity contribution in [3.63, 3.8) is 0 Å². The number of carbonyl (C=O) groups is 1.